The maximum atomic E-state index is 12.2. The molecule has 0 saturated carbocycles. The summed E-state index contributed by atoms with van der Waals surface area (Å²) < 4.78 is 0. The summed E-state index contributed by atoms with van der Waals surface area (Å²) in [5.74, 6) is -0.157. The van der Waals surface area contributed by atoms with E-state index in [4.69, 9.17) is 11.6 Å². The van der Waals surface area contributed by atoms with Crippen molar-refractivity contribution in [1.82, 2.24) is 5.32 Å². The Morgan fingerprint density at radius 2 is 1.62 bits per heavy atom. The number of ketones is 1. The van der Waals surface area contributed by atoms with E-state index in [1.54, 1.807) is 24.3 Å². The van der Waals surface area contributed by atoms with Crippen molar-refractivity contribution in [2.45, 2.75) is 39.2 Å². The summed E-state index contributed by atoms with van der Waals surface area (Å²) in [5, 5.41) is 3.60. The van der Waals surface area contributed by atoms with Gasteiger partial charge in [-0.1, -0.05) is 48.4 Å². The zero-order valence-electron chi connectivity index (χ0n) is 14.0. The van der Waals surface area contributed by atoms with Crippen molar-refractivity contribution >= 4 is 23.3 Å². The van der Waals surface area contributed by atoms with Gasteiger partial charge < -0.3 is 5.32 Å². The number of halogens is 1. The number of carbonyl (C=O) groups excluding carboxylic acids is 2. The van der Waals surface area contributed by atoms with Gasteiger partial charge in [-0.15, -0.1) is 0 Å². The summed E-state index contributed by atoms with van der Waals surface area (Å²) in [7, 11) is 0. The quantitative estimate of drug-likeness (QED) is 0.728. The van der Waals surface area contributed by atoms with Crippen molar-refractivity contribution in [2.24, 2.45) is 0 Å². The zero-order valence-corrected chi connectivity index (χ0v) is 14.8. The number of rotatable bonds is 7. The SMILES string of the molecule is CCC(NC(=O)CCC(=O)c1ccc(Cl)cc1)c1ccc(C)cc1. The Bertz CT molecular complexity index is 693. The average molecular weight is 344 g/mol. The number of benzene rings is 2. The third kappa shape index (κ3) is 5.20. The van der Waals surface area contributed by atoms with E-state index in [0.29, 0.717) is 10.6 Å². The summed E-state index contributed by atoms with van der Waals surface area (Å²) in [6.07, 6.45) is 1.18. The molecule has 0 heterocycles. The van der Waals surface area contributed by atoms with Gasteiger partial charge in [-0.3, -0.25) is 9.59 Å². The van der Waals surface area contributed by atoms with Crippen molar-refractivity contribution < 1.29 is 9.59 Å². The van der Waals surface area contributed by atoms with E-state index in [0.717, 1.165) is 12.0 Å². The van der Waals surface area contributed by atoms with Crippen LogP contribution in [0.1, 0.15) is 53.7 Å². The largest absolute Gasteiger partial charge is 0.349 e. The number of aryl methyl sites for hydroxylation is 1. The number of hydrogen-bond acceptors (Lipinski definition) is 2. The van der Waals surface area contributed by atoms with Gasteiger partial charge in [0.25, 0.3) is 0 Å². The molecule has 3 nitrogen and oxygen atoms in total. The maximum absolute atomic E-state index is 12.2. The van der Waals surface area contributed by atoms with E-state index in [1.165, 1.54) is 5.56 Å². The lowest BCUT2D eigenvalue weighted by molar-refractivity contribution is -0.121. The molecule has 0 aliphatic rings. The van der Waals surface area contributed by atoms with E-state index in [9.17, 15) is 9.59 Å². The number of hydrogen-bond donors (Lipinski definition) is 1. The predicted octanol–water partition coefficient (Wildman–Crippen LogP) is 4.88. The van der Waals surface area contributed by atoms with Gasteiger partial charge in [0.2, 0.25) is 5.91 Å². The van der Waals surface area contributed by atoms with Crippen LogP contribution in [0.4, 0.5) is 0 Å². The second-order valence-corrected chi connectivity index (χ2v) is 6.31. The second kappa shape index (κ2) is 8.65. The maximum Gasteiger partial charge on any atom is 0.220 e. The molecule has 4 heteroatoms. The van der Waals surface area contributed by atoms with Crippen LogP contribution in [0, 0.1) is 6.92 Å². The number of amides is 1. The first kappa shape index (κ1) is 18.2. The molecule has 2 aromatic rings. The second-order valence-electron chi connectivity index (χ2n) is 5.87. The van der Waals surface area contributed by atoms with Crippen LogP contribution in [0.3, 0.4) is 0 Å². The fraction of sp³-hybridized carbons (Fsp3) is 0.300. The summed E-state index contributed by atoms with van der Waals surface area (Å²) in [5.41, 5.74) is 2.85. The van der Waals surface area contributed by atoms with Crippen molar-refractivity contribution in [2.75, 3.05) is 0 Å². The Morgan fingerprint density at radius 3 is 2.21 bits per heavy atom. The summed E-state index contributed by atoms with van der Waals surface area (Å²) >= 11 is 5.81. The molecule has 2 rings (SSSR count). The molecule has 0 spiro atoms. The monoisotopic (exact) mass is 343 g/mol. The molecule has 0 fully saturated rings. The molecule has 2 aromatic carbocycles. The smallest absolute Gasteiger partial charge is 0.220 e. The van der Waals surface area contributed by atoms with Crippen LogP contribution in [0.15, 0.2) is 48.5 Å². The molecule has 0 bridgehead atoms. The van der Waals surface area contributed by atoms with Gasteiger partial charge in [-0.05, 0) is 43.2 Å². The highest BCUT2D eigenvalue weighted by atomic mass is 35.5. The van der Waals surface area contributed by atoms with Crippen LogP contribution in [0.25, 0.3) is 0 Å². The lowest BCUT2D eigenvalue weighted by Crippen LogP contribution is -2.28. The minimum Gasteiger partial charge on any atom is -0.349 e. The van der Waals surface area contributed by atoms with Crippen molar-refractivity contribution in [3.05, 3.63) is 70.2 Å². The highest BCUT2D eigenvalue weighted by Crippen LogP contribution is 2.18. The van der Waals surface area contributed by atoms with Gasteiger partial charge in [0, 0.05) is 23.4 Å². The first-order valence-corrected chi connectivity index (χ1v) is 8.52. The third-order valence-corrected chi connectivity index (χ3v) is 4.22. The molecule has 0 aliphatic carbocycles. The standard InChI is InChI=1S/C20H22ClNO2/c1-3-18(15-6-4-14(2)5-7-15)22-20(24)13-12-19(23)16-8-10-17(21)11-9-16/h4-11,18H,3,12-13H2,1-2H3,(H,22,24). The first-order valence-electron chi connectivity index (χ1n) is 8.14. The van der Waals surface area contributed by atoms with E-state index in [-0.39, 0.29) is 30.6 Å². The number of nitrogens with one attached hydrogen (secondary N) is 1. The van der Waals surface area contributed by atoms with E-state index in [1.807, 2.05) is 38.1 Å². The Hall–Kier alpha value is -2.13. The van der Waals surface area contributed by atoms with Crippen molar-refractivity contribution in [3.63, 3.8) is 0 Å². The van der Waals surface area contributed by atoms with Crippen LogP contribution < -0.4 is 5.32 Å². The van der Waals surface area contributed by atoms with E-state index in [2.05, 4.69) is 5.32 Å². The van der Waals surface area contributed by atoms with Gasteiger partial charge in [0.1, 0.15) is 0 Å². The molecular formula is C20H22ClNO2. The molecule has 0 saturated heterocycles. The topological polar surface area (TPSA) is 46.2 Å². The Balaban J connectivity index is 1.88. The van der Waals surface area contributed by atoms with Crippen LogP contribution in [0.5, 0.6) is 0 Å². The molecule has 126 valence electrons. The van der Waals surface area contributed by atoms with Crippen LogP contribution >= 0.6 is 11.6 Å². The molecule has 1 unspecified atom stereocenters. The minimum absolute atomic E-state index is 0.0243. The highest BCUT2D eigenvalue weighted by Gasteiger charge is 2.14. The zero-order chi connectivity index (χ0) is 17.5. The lowest BCUT2D eigenvalue weighted by Gasteiger charge is -2.17. The minimum atomic E-state index is -0.107. The molecule has 1 atom stereocenters. The van der Waals surface area contributed by atoms with E-state index >= 15 is 0 Å². The molecule has 0 aliphatic heterocycles. The first-order chi connectivity index (χ1) is 11.5. The summed E-state index contributed by atoms with van der Waals surface area (Å²) in [6.45, 7) is 4.06. The molecule has 1 amide bonds. The number of Topliss-reactive ketones (excluding diaryl/α,β-unsaturated/α-hetero) is 1. The van der Waals surface area contributed by atoms with Crippen LogP contribution in [-0.4, -0.2) is 11.7 Å². The molecule has 0 aromatic heterocycles. The Labute approximate surface area is 148 Å². The highest BCUT2D eigenvalue weighted by molar-refractivity contribution is 6.30. The average Bonchev–Trinajstić information content (AvgIpc) is 2.59. The Morgan fingerprint density at radius 1 is 1.00 bits per heavy atom. The normalized spacial score (nSPS) is 11.8. The molecule has 1 N–H and O–H groups in total. The molecule has 0 radical (unpaired) electrons. The summed E-state index contributed by atoms with van der Waals surface area (Å²) in [4.78, 5) is 24.3. The van der Waals surface area contributed by atoms with Gasteiger partial charge in [0.15, 0.2) is 5.78 Å². The summed E-state index contributed by atoms with van der Waals surface area (Å²) in [6, 6.07) is 14.8. The Kier molecular flexibility index (Phi) is 6.56. The van der Waals surface area contributed by atoms with Crippen molar-refractivity contribution in [3.8, 4) is 0 Å². The fourth-order valence-corrected chi connectivity index (χ4v) is 2.62. The van der Waals surface area contributed by atoms with E-state index < -0.39 is 0 Å². The van der Waals surface area contributed by atoms with Crippen LogP contribution in [-0.2, 0) is 4.79 Å². The van der Waals surface area contributed by atoms with Gasteiger partial charge >= 0.3 is 0 Å². The van der Waals surface area contributed by atoms with Gasteiger partial charge in [-0.25, -0.2) is 0 Å². The fourth-order valence-electron chi connectivity index (χ4n) is 2.49. The third-order valence-electron chi connectivity index (χ3n) is 3.97. The number of carbonyl (C=O) groups is 2. The predicted molar refractivity (Wildman–Crippen MR) is 97.4 cm³/mol. The van der Waals surface area contributed by atoms with Gasteiger partial charge in [-0.2, -0.15) is 0 Å². The molecular weight excluding hydrogens is 322 g/mol. The van der Waals surface area contributed by atoms with Gasteiger partial charge in [0.05, 0.1) is 6.04 Å². The lowest BCUT2D eigenvalue weighted by atomic mass is 10.0. The molecule has 24 heavy (non-hydrogen) atoms. The van der Waals surface area contributed by atoms with Crippen molar-refractivity contribution in [1.29, 1.82) is 0 Å². The van der Waals surface area contributed by atoms with Crippen LogP contribution in [0.2, 0.25) is 5.02 Å².